The molecule has 0 aromatic carbocycles. The number of nitrogen functional groups attached to an aromatic ring is 1. The minimum Gasteiger partial charge on any atom is -0.462 e. The van der Waals surface area contributed by atoms with Crippen LogP contribution in [0.15, 0.2) is 12.3 Å². The number of nitrogens with two attached hydrogens (primary N) is 1. The lowest BCUT2D eigenvalue weighted by molar-refractivity contribution is 0.0527. The van der Waals surface area contributed by atoms with Crippen LogP contribution in [0, 0.1) is 0 Å². The van der Waals surface area contributed by atoms with Gasteiger partial charge in [0.25, 0.3) is 0 Å². The summed E-state index contributed by atoms with van der Waals surface area (Å²) in [7, 11) is 0. The number of ether oxygens (including phenoxy) is 1. The average molecular weight is 283 g/mol. The van der Waals surface area contributed by atoms with Gasteiger partial charge >= 0.3 is 5.97 Å². The molecule has 106 valence electrons. The van der Waals surface area contributed by atoms with Crippen LogP contribution in [0.4, 0.5) is 11.5 Å². The number of thioether (sulfide) groups is 1. The molecular formula is C13H21N3O2S. The molecule has 1 atom stereocenters. The van der Waals surface area contributed by atoms with Gasteiger partial charge in [0.1, 0.15) is 5.82 Å². The van der Waals surface area contributed by atoms with E-state index in [0.29, 0.717) is 23.7 Å². The van der Waals surface area contributed by atoms with Crippen LogP contribution in [0.3, 0.4) is 0 Å². The molecule has 3 N–H and O–H groups in total. The van der Waals surface area contributed by atoms with E-state index in [1.54, 1.807) is 19.2 Å². The van der Waals surface area contributed by atoms with Crippen molar-refractivity contribution in [3.8, 4) is 0 Å². The highest BCUT2D eigenvalue weighted by Crippen LogP contribution is 2.22. The Morgan fingerprint density at radius 1 is 1.58 bits per heavy atom. The summed E-state index contributed by atoms with van der Waals surface area (Å²) in [5.74, 6) is 2.15. The maximum atomic E-state index is 11.7. The molecule has 1 heterocycles. The zero-order chi connectivity index (χ0) is 14.3. The van der Waals surface area contributed by atoms with Crippen LogP contribution in [0.1, 0.15) is 31.1 Å². The molecule has 1 unspecified atom stereocenters. The zero-order valence-electron chi connectivity index (χ0n) is 11.6. The topological polar surface area (TPSA) is 77.2 Å². The number of hydrogen-bond donors (Lipinski definition) is 2. The van der Waals surface area contributed by atoms with Crippen molar-refractivity contribution < 1.29 is 9.53 Å². The SMILES string of the molecule is CCOC(=O)c1ccnc(NC(C)CSCC)c1N. The van der Waals surface area contributed by atoms with Crippen LogP contribution in [-0.4, -0.2) is 35.1 Å². The second kappa shape index (κ2) is 7.89. The Hall–Kier alpha value is -1.43. The Morgan fingerprint density at radius 3 is 2.95 bits per heavy atom. The van der Waals surface area contributed by atoms with Crippen molar-refractivity contribution >= 4 is 29.2 Å². The molecule has 0 radical (unpaired) electrons. The van der Waals surface area contributed by atoms with Crippen molar-refractivity contribution in [2.24, 2.45) is 0 Å². The molecule has 0 fully saturated rings. The molecular weight excluding hydrogens is 262 g/mol. The first kappa shape index (κ1) is 15.6. The highest BCUT2D eigenvalue weighted by molar-refractivity contribution is 7.99. The third kappa shape index (κ3) is 4.63. The number of anilines is 2. The number of nitrogens with one attached hydrogen (secondary N) is 1. The summed E-state index contributed by atoms with van der Waals surface area (Å²) in [6, 6.07) is 1.81. The van der Waals surface area contributed by atoms with Gasteiger partial charge in [-0.1, -0.05) is 6.92 Å². The molecule has 0 spiro atoms. The lowest BCUT2D eigenvalue weighted by Gasteiger charge is -2.16. The van der Waals surface area contributed by atoms with Crippen molar-refractivity contribution in [2.75, 3.05) is 29.2 Å². The monoisotopic (exact) mass is 283 g/mol. The smallest absolute Gasteiger partial charge is 0.340 e. The summed E-state index contributed by atoms with van der Waals surface area (Å²) < 4.78 is 4.96. The van der Waals surface area contributed by atoms with Crippen LogP contribution in [-0.2, 0) is 4.74 Å². The Balaban J connectivity index is 2.79. The fourth-order valence-corrected chi connectivity index (χ4v) is 2.22. The van der Waals surface area contributed by atoms with Gasteiger partial charge in [-0.3, -0.25) is 0 Å². The Kier molecular flexibility index (Phi) is 6.49. The molecule has 19 heavy (non-hydrogen) atoms. The number of aromatic nitrogens is 1. The molecule has 6 heteroatoms. The molecule has 0 aliphatic rings. The van der Waals surface area contributed by atoms with Crippen LogP contribution in [0.25, 0.3) is 0 Å². The first-order chi connectivity index (χ1) is 9.10. The normalized spacial score (nSPS) is 11.9. The second-order valence-electron chi connectivity index (χ2n) is 4.05. The number of nitrogens with zero attached hydrogens (tertiary/aromatic N) is 1. The van der Waals surface area contributed by atoms with Gasteiger partial charge in [0.2, 0.25) is 0 Å². The summed E-state index contributed by atoms with van der Waals surface area (Å²) >= 11 is 1.84. The van der Waals surface area contributed by atoms with Crippen molar-refractivity contribution in [1.29, 1.82) is 0 Å². The van der Waals surface area contributed by atoms with Crippen LogP contribution in [0.5, 0.6) is 0 Å². The lowest BCUT2D eigenvalue weighted by atomic mass is 10.2. The van der Waals surface area contributed by atoms with Gasteiger partial charge in [-0.05, 0) is 25.7 Å². The predicted octanol–water partition coefficient (Wildman–Crippen LogP) is 2.39. The van der Waals surface area contributed by atoms with Gasteiger partial charge in [-0.2, -0.15) is 11.8 Å². The van der Waals surface area contributed by atoms with Crippen molar-refractivity contribution in [3.05, 3.63) is 17.8 Å². The Morgan fingerprint density at radius 2 is 2.32 bits per heavy atom. The maximum absolute atomic E-state index is 11.7. The summed E-state index contributed by atoms with van der Waals surface area (Å²) in [5, 5.41) is 3.22. The molecule has 0 aliphatic heterocycles. The first-order valence-corrected chi connectivity index (χ1v) is 7.51. The molecule has 1 aromatic heterocycles. The predicted molar refractivity (Wildman–Crippen MR) is 80.7 cm³/mol. The molecule has 5 nitrogen and oxygen atoms in total. The summed E-state index contributed by atoms with van der Waals surface area (Å²) in [4.78, 5) is 15.9. The minimum absolute atomic E-state index is 0.234. The molecule has 0 saturated carbocycles. The number of rotatable bonds is 7. The van der Waals surface area contributed by atoms with Gasteiger partial charge in [-0.15, -0.1) is 0 Å². The van der Waals surface area contributed by atoms with Gasteiger partial charge in [0.15, 0.2) is 0 Å². The number of carbonyl (C=O) groups is 1. The summed E-state index contributed by atoms with van der Waals surface area (Å²) in [6.45, 7) is 6.26. The van der Waals surface area contributed by atoms with Crippen LogP contribution in [0.2, 0.25) is 0 Å². The molecule has 0 bridgehead atoms. The largest absolute Gasteiger partial charge is 0.462 e. The Labute approximate surface area is 118 Å². The number of pyridine rings is 1. The van der Waals surface area contributed by atoms with Gasteiger partial charge < -0.3 is 15.8 Å². The van der Waals surface area contributed by atoms with Gasteiger partial charge in [-0.25, -0.2) is 9.78 Å². The van der Waals surface area contributed by atoms with E-state index in [4.69, 9.17) is 10.5 Å². The molecule has 1 rings (SSSR count). The second-order valence-corrected chi connectivity index (χ2v) is 5.37. The summed E-state index contributed by atoms with van der Waals surface area (Å²) in [5.41, 5.74) is 6.66. The van der Waals surface area contributed by atoms with E-state index in [0.717, 1.165) is 11.5 Å². The van der Waals surface area contributed by atoms with Crippen molar-refractivity contribution in [3.63, 3.8) is 0 Å². The number of carbonyl (C=O) groups excluding carboxylic acids is 1. The third-order valence-electron chi connectivity index (χ3n) is 2.44. The van der Waals surface area contributed by atoms with E-state index < -0.39 is 5.97 Å². The molecule has 0 aliphatic carbocycles. The van der Waals surface area contributed by atoms with E-state index >= 15 is 0 Å². The minimum atomic E-state index is -0.416. The van der Waals surface area contributed by atoms with E-state index in [9.17, 15) is 4.79 Å². The van der Waals surface area contributed by atoms with E-state index in [-0.39, 0.29) is 6.04 Å². The fraction of sp³-hybridized carbons (Fsp3) is 0.538. The van der Waals surface area contributed by atoms with Gasteiger partial charge in [0.05, 0.1) is 17.9 Å². The quantitative estimate of drug-likeness (QED) is 0.748. The maximum Gasteiger partial charge on any atom is 0.340 e. The average Bonchev–Trinajstić information content (AvgIpc) is 2.39. The lowest BCUT2D eigenvalue weighted by Crippen LogP contribution is -2.21. The summed E-state index contributed by atoms with van der Waals surface area (Å²) in [6.07, 6.45) is 1.56. The molecule has 1 aromatic rings. The van der Waals surface area contributed by atoms with E-state index in [1.165, 1.54) is 0 Å². The zero-order valence-corrected chi connectivity index (χ0v) is 12.4. The number of hydrogen-bond acceptors (Lipinski definition) is 6. The molecule has 0 saturated heterocycles. The fourth-order valence-electron chi connectivity index (χ4n) is 1.54. The van der Waals surface area contributed by atoms with Crippen LogP contribution < -0.4 is 11.1 Å². The van der Waals surface area contributed by atoms with E-state index in [2.05, 4.69) is 24.1 Å². The molecule has 0 amide bonds. The standard InChI is InChI=1S/C13H21N3O2S/c1-4-18-13(17)10-6-7-15-12(11(10)14)16-9(3)8-19-5-2/h6-7,9H,4-5,8,14H2,1-3H3,(H,15,16). The highest BCUT2D eigenvalue weighted by Gasteiger charge is 2.15. The highest BCUT2D eigenvalue weighted by atomic mass is 32.2. The van der Waals surface area contributed by atoms with Crippen LogP contribution >= 0.6 is 11.8 Å². The first-order valence-electron chi connectivity index (χ1n) is 6.36. The van der Waals surface area contributed by atoms with Crippen molar-refractivity contribution in [2.45, 2.75) is 26.8 Å². The van der Waals surface area contributed by atoms with E-state index in [1.807, 2.05) is 11.8 Å². The van der Waals surface area contributed by atoms with Gasteiger partial charge in [0, 0.05) is 18.0 Å². The third-order valence-corrected chi connectivity index (χ3v) is 3.58. The Bertz CT molecular complexity index is 426. The number of esters is 1. The van der Waals surface area contributed by atoms with Crippen molar-refractivity contribution in [1.82, 2.24) is 4.98 Å².